The molecule has 1 amide bonds. The van der Waals surface area contributed by atoms with Gasteiger partial charge in [-0.15, -0.1) is 0 Å². The molecule has 2 fully saturated rings. The summed E-state index contributed by atoms with van der Waals surface area (Å²) in [6.45, 7) is 4.96. The van der Waals surface area contributed by atoms with Crippen LogP contribution in [0.15, 0.2) is 0 Å². The highest BCUT2D eigenvalue weighted by atomic mass is 16.5. The molecule has 3 atom stereocenters. The first-order chi connectivity index (χ1) is 5.65. The maximum absolute atomic E-state index is 11.2. The van der Waals surface area contributed by atoms with Gasteiger partial charge in [0.1, 0.15) is 0 Å². The number of hydrogen-bond acceptors (Lipinski definition) is 2. The van der Waals surface area contributed by atoms with Crippen LogP contribution in [0.5, 0.6) is 0 Å². The van der Waals surface area contributed by atoms with E-state index in [4.69, 9.17) is 4.74 Å². The van der Waals surface area contributed by atoms with E-state index in [-0.39, 0.29) is 23.5 Å². The summed E-state index contributed by atoms with van der Waals surface area (Å²) < 4.78 is 5.52. The van der Waals surface area contributed by atoms with Crippen molar-refractivity contribution in [3.05, 3.63) is 0 Å². The Labute approximate surface area is 72.5 Å². The molecule has 0 bridgehead atoms. The highest BCUT2D eigenvalue weighted by Crippen LogP contribution is 2.44. The van der Waals surface area contributed by atoms with Crippen molar-refractivity contribution in [1.82, 2.24) is 5.32 Å². The van der Waals surface area contributed by atoms with Crippen LogP contribution in [0.1, 0.15) is 26.7 Å². The molecule has 1 N–H and O–H groups in total. The summed E-state index contributed by atoms with van der Waals surface area (Å²) in [5.41, 5.74) is 0.0943. The van der Waals surface area contributed by atoms with Gasteiger partial charge < -0.3 is 10.1 Å². The number of nitrogens with one attached hydrogen (secondary N) is 1. The lowest BCUT2D eigenvalue weighted by Crippen LogP contribution is -2.39. The van der Waals surface area contributed by atoms with Crippen LogP contribution < -0.4 is 5.32 Å². The molecule has 0 aromatic rings. The molecule has 0 aromatic carbocycles. The molecule has 2 heterocycles. The Balaban J connectivity index is 2.24. The van der Waals surface area contributed by atoms with Crippen molar-refractivity contribution in [1.29, 1.82) is 0 Å². The summed E-state index contributed by atoms with van der Waals surface area (Å²) in [4.78, 5) is 11.2. The average molecular weight is 169 g/mol. The van der Waals surface area contributed by atoms with E-state index in [0.29, 0.717) is 6.42 Å². The number of amides is 1. The minimum atomic E-state index is 0.0943. The van der Waals surface area contributed by atoms with Gasteiger partial charge in [-0.1, -0.05) is 0 Å². The van der Waals surface area contributed by atoms with Crippen LogP contribution in [0.2, 0.25) is 0 Å². The summed E-state index contributed by atoms with van der Waals surface area (Å²) in [6, 6.07) is 0.280. The molecule has 0 aliphatic carbocycles. The smallest absolute Gasteiger partial charge is 0.220 e. The van der Waals surface area contributed by atoms with Gasteiger partial charge in [-0.2, -0.15) is 0 Å². The van der Waals surface area contributed by atoms with Crippen LogP contribution >= 0.6 is 0 Å². The second-order valence-electron chi connectivity index (χ2n) is 3.96. The monoisotopic (exact) mass is 169 g/mol. The Morgan fingerprint density at radius 3 is 2.75 bits per heavy atom. The second-order valence-corrected chi connectivity index (χ2v) is 3.96. The first-order valence-corrected chi connectivity index (χ1v) is 4.56. The highest BCUT2D eigenvalue weighted by molar-refractivity contribution is 5.80. The van der Waals surface area contributed by atoms with Crippen molar-refractivity contribution in [2.75, 3.05) is 6.61 Å². The standard InChI is InChI=1S/C9H15NO2/c1-6-9(5-8(11)10-6)3-4-12-7(9)2/h6-7H,3-5H2,1-2H3,(H,10,11). The molecule has 0 radical (unpaired) electrons. The van der Waals surface area contributed by atoms with Crippen LogP contribution in [-0.2, 0) is 9.53 Å². The third kappa shape index (κ3) is 0.891. The fraction of sp³-hybridized carbons (Fsp3) is 0.889. The molecule has 1 spiro atoms. The van der Waals surface area contributed by atoms with Gasteiger partial charge in [0.15, 0.2) is 0 Å². The quantitative estimate of drug-likeness (QED) is 0.579. The molecule has 2 aliphatic heterocycles. The van der Waals surface area contributed by atoms with Gasteiger partial charge in [0.25, 0.3) is 0 Å². The third-order valence-corrected chi connectivity index (χ3v) is 3.47. The Morgan fingerprint density at radius 2 is 2.33 bits per heavy atom. The molecular weight excluding hydrogens is 154 g/mol. The number of rotatable bonds is 0. The van der Waals surface area contributed by atoms with Crippen molar-refractivity contribution >= 4 is 5.91 Å². The summed E-state index contributed by atoms with van der Waals surface area (Å²) in [7, 11) is 0. The van der Waals surface area contributed by atoms with E-state index in [1.54, 1.807) is 0 Å². The highest BCUT2D eigenvalue weighted by Gasteiger charge is 2.51. The van der Waals surface area contributed by atoms with Gasteiger partial charge >= 0.3 is 0 Å². The average Bonchev–Trinajstić information content (AvgIpc) is 2.44. The lowest BCUT2D eigenvalue weighted by Gasteiger charge is -2.29. The number of hydrogen-bond donors (Lipinski definition) is 1. The number of ether oxygens (including phenoxy) is 1. The van der Waals surface area contributed by atoms with Crippen molar-refractivity contribution in [2.45, 2.75) is 38.8 Å². The summed E-state index contributed by atoms with van der Waals surface area (Å²) in [6.07, 6.45) is 1.90. The van der Waals surface area contributed by atoms with Crippen molar-refractivity contribution < 1.29 is 9.53 Å². The van der Waals surface area contributed by atoms with Crippen LogP contribution in [-0.4, -0.2) is 24.7 Å². The lowest BCUT2D eigenvalue weighted by molar-refractivity contribution is -0.120. The van der Waals surface area contributed by atoms with Crippen LogP contribution in [0.3, 0.4) is 0 Å². The molecule has 3 unspecified atom stereocenters. The molecule has 12 heavy (non-hydrogen) atoms. The molecule has 2 saturated heterocycles. The fourth-order valence-electron chi connectivity index (χ4n) is 2.48. The molecule has 3 heteroatoms. The molecular formula is C9H15NO2. The first kappa shape index (κ1) is 8.05. The van der Waals surface area contributed by atoms with Crippen LogP contribution in [0.4, 0.5) is 0 Å². The Hall–Kier alpha value is -0.570. The second kappa shape index (κ2) is 2.46. The van der Waals surface area contributed by atoms with Gasteiger partial charge in [-0.05, 0) is 20.3 Å². The molecule has 3 nitrogen and oxygen atoms in total. The normalized spacial score (nSPS) is 47.0. The van der Waals surface area contributed by atoms with Gasteiger partial charge in [-0.3, -0.25) is 4.79 Å². The predicted molar refractivity (Wildman–Crippen MR) is 44.7 cm³/mol. The first-order valence-electron chi connectivity index (χ1n) is 4.56. The van der Waals surface area contributed by atoms with E-state index < -0.39 is 0 Å². The van der Waals surface area contributed by atoms with E-state index in [0.717, 1.165) is 13.0 Å². The largest absolute Gasteiger partial charge is 0.378 e. The fourth-order valence-corrected chi connectivity index (χ4v) is 2.48. The van der Waals surface area contributed by atoms with E-state index in [1.807, 2.05) is 0 Å². The van der Waals surface area contributed by atoms with Gasteiger partial charge in [0.2, 0.25) is 5.91 Å². The zero-order valence-corrected chi connectivity index (χ0v) is 7.59. The molecule has 0 aromatic heterocycles. The SMILES string of the molecule is CC1NC(=O)CC12CCOC2C. The number of carbonyl (C=O) groups is 1. The lowest BCUT2D eigenvalue weighted by atomic mass is 9.76. The summed E-state index contributed by atoms with van der Waals surface area (Å²) >= 11 is 0. The topological polar surface area (TPSA) is 38.3 Å². The minimum Gasteiger partial charge on any atom is -0.378 e. The maximum Gasteiger partial charge on any atom is 0.220 e. The molecule has 2 aliphatic rings. The summed E-state index contributed by atoms with van der Waals surface area (Å²) in [5, 5.41) is 2.96. The zero-order valence-electron chi connectivity index (χ0n) is 7.59. The molecule has 0 saturated carbocycles. The van der Waals surface area contributed by atoms with Crippen molar-refractivity contribution in [2.24, 2.45) is 5.41 Å². The van der Waals surface area contributed by atoms with Crippen LogP contribution in [0, 0.1) is 5.41 Å². The minimum absolute atomic E-state index is 0.0943. The number of carbonyl (C=O) groups excluding carboxylic acids is 1. The van der Waals surface area contributed by atoms with Crippen LogP contribution in [0.25, 0.3) is 0 Å². The predicted octanol–water partition coefficient (Wildman–Crippen LogP) is 0.690. The van der Waals surface area contributed by atoms with Gasteiger partial charge in [0.05, 0.1) is 6.10 Å². The van der Waals surface area contributed by atoms with E-state index >= 15 is 0 Å². The molecule has 68 valence electrons. The zero-order chi connectivity index (χ0) is 8.77. The van der Waals surface area contributed by atoms with E-state index in [1.165, 1.54) is 0 Å². The Bertz CT molecular complexity index is 217. The van der Waals surface area contributed by atoms with E-state index in [2.05, 4.69) is 19.2 Å². The summed E-state index contributed by atoms with van der Waals surface area (Å²) in [5.74, 6) is 0.180. The van der Waals surface area contributed by atoms with Crippen molar-refractivity contribution in [3.63, 3.8) is 0 Å². The van der Waals surface area contributed by atoms with Gasteiger partial charge in [-0.25, -0.2) is 0 Å². The van der Waals surface area contributed by atoms with Crippen molar-refractivity contribution in [3.8, 4) is 0 Å². The van der Waals surface area contributed by atoms with Gasteiger partial charge in [0, 0.05) is 24.5 Å². The maximum atomic E-state index is 11.2. The molecule has 2 rings (SSSR count). The third-order valence-electron chi connectivity index (χ3n) is 3.47. The Morgan fingerprint density at radius 1 is 1.58 bits per heavy atom. The Kier molecular flexibility index (Phi) is 1.65. The van der Waals surface area contributed by atoms with E-state index in [9.17, 15) is 4.79 Å².